The van der Waals surface area contributed by atoms with Gasteiger partial charge in [-0.15, -0.1) is 0 Å². The molecule has 2 atom stereocenters. The molecule has 2 aliphatic rings. The van der Waals surface area contributed by atoms with Crippen molar-refractivity contribution in [3.63, 3.8) is 0 Å². The molecule has 4 rings (SSSR count). The molecule has 32 heavy (non-hydrogen) atoms. The zero-order valence-corrected chi connectivity index (χ0v) is 19.2. The normalized spacial score (nSPS) is 26.1. The van der Waals surface area contributed by atoms with E-state index in [9.17, 15) is 4.79 Å². The third-order valence-corrected chi connectivity index (χ3v) is 7.06. The molecule has 1 aliphatic carbocycles. The number of rotatable bonds is 7. The predicted molar refractivity (Wildman–Crippen MR) is 122 cm³/mol. The predicted octanol–water partition coefficient (Wildman–Crippen LogP) is 4.61. The standard InChI is InChI=1S/C25H35N3O4/c1-30-16-20-15-26-27-24(20)22-9-6-14-28(25(29)31-2)23(22)17-32-21-12-10-19(11-13-21)18-7-4-3-5-8-18/h3-5,7-8,15,19,21-23H,6,9-14,16-17H2,1-2H3,(H,26,27). The van der Waals surface area contributed by atoms with E-state index in [4.69, 9.17) is 14.2 Å². The van der Waals surface area contributed by atoms with Crippen LogP contribution in [0.25, 0.3) is 0 Å². The Labute approximate surface area is 190 Å². The van der Waals surface area contributed by atoms with E-state index in [1.807, 2.05) is 11.1 Å². The van der Waals surface area contributed by atoms with Crippen LogP contribution in [0.5, 0.6) is 0 Å². The number of nitrogens with one attached hydrogen (secondary N) is 1. The second kappa shape index (κ2) is 11.0. The van der Waals surface area contributed by atoms with Crippen LogP contribution in [-0.4, -0.2) is 60.7 Å². The highest BCUT2D eigenvalue weighted by Gasteiger charge is 2.38. The summed E-state index contributed by atoms with van der Waals surface area (Å²) in [6.07, 6.45) is 8.04. The molecule has 1 saturated carbocycles. The Balaban J connectivity index is 1.42. The van der Waals surface area contributed by atoms with Crippen molar-refractivity contribution in [3.8, 4) is 0 Å². The summed E-state index contributed by atoms with van der Waals surface area (Å²) in [5.74, 6) is 0.739. The average molecular weight is 442 g/mol. The van der Waals surface area contributed by atoms with Crippen LogP contribution < -0.4 is 0 Å². The van der Waals surface area contributed by atoms with Crippen LogP contribution in [0.4, 0.5) is 4.79 Å². The van der Waals surface area contributed by atoms with Gasteiger partial charge in [0, 0.05) is 30.8 Å². The van der Waals surface area contributed by atoms with Crippen LogP contribution in [0.15, 0.2) is 36.5 Å². The third-order valence-electron chi connectivity index (χ3n) is 7.06. The van der Waals surface area contributed by atoms with Crippen LogP contribution in [0.1, 0.15) is 67.2 Å². The minimum absolute atomic E-state index is 0.0842. The maximum atomic E-state index is 12.6. The van der Waals surface area contributed by atoms with E-state index in [0.717, 1.165) is 49.8 Å². The van der Waals surface area contributed by atoms with E-state index >= 15 is 0 Å². The van der Waals surface area contributed by atoms with Gasteiger partial charge in [-0.3, -0.25) is 5.10 Å². The lowest BCUT2D eigenvalue weighted by Gasteiger charge is -2.41. The first-order valence-electron chi connectivity index (χ1n) is 11.7. The number of likely N-dealkylation sites (tertiary alicyclic amines) is 1. The van der Waals surface area contributed by atoms with Gasteiger partial charge in [-0.2, -0.15) is 5.10 Å². The molecular weight excluding hydrogens is 406 g/mol. The molecule has 2 unspecified atom stereocenters. The van der Waals surface area contributed by atoms with Crippen LogP contribution in [0.2, 0.25) is 0 Å². The number of piperidine rings is 1. The lowest BCUT2D eigenvalue weighted by molar-refractivity contribution is -0.0244. The Bertz CT molecular complexity index is 848. The number of aromatic amines is 1. The third kappa shape index (κ3) is 5.15. The van der Waals surface area contributed by atoms with Crippen molar-refractivity contribution in [2.45, 2.75) is 69.1 Å². The van der Waals surface area contributed by atoms with Crippen molar-refractivity contribution < 1.29 is 19.0 Å². The van der Waals surface area contributed by atoms with Gasteiger partial charge in [0.25, 0.3) is 0 Å². The number of carbonyl (C=O) groups is 1. The average Bonchev–Trinajstić information content (AvgIpc) is 3.31. The first-order valence-corrected chi connectivity index (χ1v) is 11.7. The molecule has 0 radical (unpaired) electrons. The molecule has 1 saturated heterocycles. The first kappa shape index (κ1) is 22.8. The number of nitrogens with zero attached hydrogens (tertiary/aromatic N) is 2. The Hall–Kier alpha value is -2.38. The molecule has 1 N–H and O–H groups in total. The molecule has 2 heterocycles. The van der Waals surface area contributed by atoms with Gasteiger partial charge in [-0.05, 0) is 50.0 Å². The molecule has 2 fully saturated rings. The topological polar surface area (TPSA) is 76.7 Å². The summed E-state index contributed by atoms with van der Waals surface area (Å²) < 4.78 is 16.9. The second-order valence-corrected chi connectivity index (χ2v) is 8.94. The molecule has 7 nitrogen and oxygen atoms in total. The zero-order chi connectivity index (χ0) is 22.3. The number of ether oxygens (including phenoxy) is 3. The highest BCUT2D eigenvalue weighted by atomic mass is 16.5. The smallest absolute Gasteiger partial charge is 0.409 e. The van der Waals surface area contributed by atoms with E-state index in [1.165, 1.54) is 12.7 Å². The maximum absolute atomic E-state index is 12.6. The monoisotopic (exact) mass is 441 g/mol. The highest BCUT2D eigenvalue weighted by Crippen LogP contribution is 2.37. The van der Waals surface area contributed by atoms with Gasteiger partial charge < -0.3 is 19.1 Å². The van der Waals surface area contributed by atoms with E-state index in [2.05, 4.69) is 40.5 Å². The molecule has 1 aromatic carbocycles. The summed E-state index contributed by atoms with van der Waals surface area (Å²) >= 11 is 0. The Morgan fingerprint density at radius 3 is 2.62 bits per heavy atom. The summed E-state index contributed by atoms with van der Waals surface area (Å²) in [5, 5.41) is 7.41. The molecule has 1 amide bonds. The van der Waals surface area contributed by atoms with Gasteiger partial charge in [-0.25, -0.2) is 4.79 Å². The second-order valence-electron chi connectivity index (χ2n) is 8.94. The number of methoxy groups -OCH3 is 2. The molecule has 2 aromatic rings. The largest absolute Gasteiger partial charge is 0.453 e. The summed E-state index contributed by atoms with van der Waals surface area (Å²) in [5.41, 5.74) is 3.51. The van der Waals surface area contributed by atoms with Crippen molar-refractivity contribution >= 4 is 6.09 Å². The first-order chi connectivity index (χ1) is 15.7. The lowest BCUT2D eigenvalue weighted by atomic mass is 9.82. The van der Waals surface area contributed by atoms with Crippen molar-refractivity contribution in [1.29, 1.82) is 0 Å². The van der Waals surface area contributed by atoms with E-state index < -0.39 is 0 Å². The van der Waals surface area contributed by atoms with Crippen LogP contribution in [-0.2, 0) is 20.8 Å². The summed E-state index contributed by atoms with van der Waals surface area (Å²) in [7, 11) is 3.13. The molecular formula is C25H35N3O4. The van der Waals surface area contributed by atoms with Gasteiger partial charge in [-0.1, -0.05) is 30.3 Å². The van der Waals surface area contributed by atoms with E-state index in [1.54, 1.807) is 7.11 Å². The fourth-order valence-electron chi connectivity index (χ4n) is 5.38. The Morgan fingerprint density at radius 2 is 1.91 bits per heavy atom. The SMILES string of the molecule is COCc1cn[nH]c1C1CCCN(C(=O)OC)C1COC1CCC(c2ccccc2)CC1. The molecule has 1 aromatic heterocycles. The number of carbonyl (C=O) groups excluding carboxylic acids is 1. The number of hydrogen-bond acceptors (Lipinski definition) is 5. The van der Waals surface area contributed by atoms with Crippen molar-refractivity contribution in [2.75, 3.05) is 27.4 Å². The molecule has 7 heteroatoms. The minimum Gasteiger partial charge on any atom is -0.453 e. The Kier molecular flexibility index (Phi) is 7.81. The van der Waals surface area contributed by atoms with Gasteiger partial charge in [0.1, 0.15) is 0 Å². The molecule has 174 valence electrons. The fraction of sp³-hybridized carbons (Fsp3) is 0.600. The van der Waals surface area contributed by atoms with Gasteiger partial charge in [0.05, 0.1) is 38.7 Å². The van der Waals surface area contributed by atoms with E-state index in [0.29, 0.717) is 25.7 Å². The Morgan fingerprint density at radius 1 is 1.12 bits per heavy atom. The summed E-state index contributed by atoms with van der Waals surface area (Å²) in [6.45, 7) is 1.69. The number of aromatic nitrogens is 2. The highest BCUT2D eigenvalue weighted by molar-refractivity contribution is 5.68. The van der Waals surface area contributed by atoms with Crippen molar-refractivity contribution in [2.24, 2.45) is 0 Å². The fourth-order valence-corrected chi connectivity index (χ4v) is 5.38. The van der Waals surface area contributed by atoms with Crippen molar-refractivity contribution in [1.82, 2.24) is 15.1 Å². The number of hydrogen-bond donors (Lipinski definition) is 1. The van der Waals surface area contributed by atoms with E-state index in [-0.39, 0.29) is 24.2 Å². The molecule has 0 bridgehead atoms. The maximum Gasteiger partial charge on any atom is 0.409 e. The molecule has 1 aliphatic heterocycles. The van der Waals surface area contributed by atoms with Gasteiger partial charge in [0.15, 0.2) is 0 Å². The quantitative estimate of drug-likeness (QED) is 0.679. The number of benzene rings is 1. The lowest BCUT2D eigenvalue weighted by Crippen LogP contribution is -2.50. The van der Waals surface area contributed by atoms with Crippen LogP contribution >= 0.6 is 0 Å². The number of amides is 1. The van der Waals surface area contributed by atoms with Crippen LogP contribution in [0.3, 0.4) is 0 Å². The summed E-state index contributed by atoms with van der Waals surface area (Å²) in [6, 6.07) is 10.7. The molecule has 0 spiro atoms. The van der Waals surface area contributed by atoms with Gasteiger partial charge in [0.2, 0.25) is 0 Å². The van der Waals surface area contributed by atoms with Crippen molar-refractivity contribution in [3.05, 3.63) is 53.3 Å². The summed E-state index contributed by atoms with van der Waals surface area (Å²) in [4.78, 5) is 14.4. The van der Waals surface area contributed by atoms with Gasteiger partial charge >= 0.3 is 6.09 Å². The van der Waals surface area contributed by atoms with Crippen LogP contribution in [0, 0.1) is 0 Å². The minimum atomic E-state index is -0.288. The zero-order valence-electron chi connectivity index (χ0n) is 19.2. The number of H-pyrrole nitrogens is 1.